The van der Waals surface area contributed by atoms with Gasteiger partial charge in [0.05, 0.1) is 18.5 Å². The first-order valence-electron chi connectivity index (χ1n) is 7.37. The van der Waals surface area contributed by atoms with Gasteiger partial charge in [-0.2, -0.15) is 0 Å². The summed E-state index contributed by atoms with van der Waals surface area (Å²) >= 11 is 1.38. The van der Waals surface area contributed by atoms with Crippen LogP contribution >= 0.6 is 11.3 Å². The standard InChI is InChI=1S/C17H18N2O3S/c1-18-13-5-3-4-6-14(13)19(9-7-15(18)20)11-12-8-10-23-16(12)17(21)22-2/h3-6,8,10H,7,9,11H2,1-2H3. The van der Waals surface area contributed by atoms with E-state index in [1.165, 1.54) is 18.4 Å². The molecule has 0 spiro atoms. The van der Waals surface area contributed by atoms with Gasteiger partial charge in [-0.05, 0) is 29.1 Å². The van der Waals surface area contributed by atoms with Crippen LogP contribution in [0.5, 0.6) is 0 Å². The number of hydrogen-bond donors (Lipinski definition) is 0. The topological polar surface area (TPSA) is 49.9 Å². The quantitative estimate of drug-likeness (QED) is 0.812. The minimum Gasteiger partial charge on any atom is -0.465 e. The van der Waals surface area contributed by atoms with E-state index in [2.05, 4.69) is 4.90 Å². The van der Waals surface area contributed by atoms with Crippen molar-refractivity contribution in [2.45, 2.75) is 13.0 Å². The lowest BCUT2D eigenvalue weighted by molar-refractivity contribution is -0.118. The highest BCUT2D eigenvalue weighted by Crippen LogP contribution is 2.33. The molecule has 0 bridgehead atoms. The lowest BCUT2D eigenvalue weighted by Crippen LogP contribution is -2.26. The largest absolute Gasteiger partial charge is 0.465 e. The van der Waals surface area contributed by atoms with Crippen LogP contribution in [0.15, 0.2) is 35.7 Å². The number of anilines is 2. The molecule has 0 fully saturated rings. The van der Waals surface area contributed by atoms with Crippen molar-refractivity contribution in [2.24, 2.45) is 0 Å². The van der Waals surface area contributed by atoms with E-state index in [0.29, 0.717) is 24.4 Å². The summed E-state index contributed by atoms with van der Waals surface area (Å²) in [5.41, 5.74) is 2.82. The second-order valence-corrected chi connectivity index (χ2v) is 6.30. The fourth-order valence-electron chi connectivity index (χ4n) is 2.77. The number of benzene rings is 1. The van der Waals surface area contributed by atoms with E-state index in [1.807, 2.05) is 35.7 Å². The highest BCUT2D eigenvalue weighted by atomic mass is 32.1. The van der Waals surface area contributed by atoms with E-state index in [0.717, 1.165) is 16.9 Å². The summed E-state index contributed by atoms with van der Waals surface area (Å²) in [5.74, 6) is -0.218. The van der Waals surface area contributed by atoms with Gasteiger partial charge in [-0.15, -0.1) is 11.3 Å². The molecule has 1 aliphatic heterocycles. The Bertz CT molecular complexity index is 741. The molecule has 0 saturated heterocycles. The third kappa shape index (κ3) is 2.94. The number of nitrogens with zero attached hydrogens (tertiary/aromatic N) is 2. The Labute approximate surface area is 139 Å². The SMILES string of the molecule is COC(=O)c1sccc1CN1CCC(=O)N(C)c2ccccc21. The number of para-hydroxylation sites is 2. The van der Waals surface area contributed by atoms with Crippen LogP contribution in [-0.4, -0.2) is 32.6 Å². The first-order chi connectivity index (χ1) is 11.1. The molecular formula is C17H18N2O3S. The van der Waals surface area contributed by atoms with E-state index in [-0.39, 0.29) is 11.9 Å². The average Bonchev–Trinajstić information content (AvgIpc) is 3.00. The zero-order valence-electron chi connectivity index (χ0n) is 13.1. The van der Waals surface area contributed by atoms with E-state index >= 15 is 0 Å². The zero-order valence-corrected chi connectivity index (χ0v) is 13.9. The number of esters is 1. The number of carbonyl (C=O) groups excluding carboxylic acids is 2. The lowest BCUT2D eigenvalue weighted by Gasteiger charge is -2.25. The molecule has 1 aromatic heterocycles. The predicted molar refractivity (Wildman–Crippen MR) is 91.2 cm³/mol. The number of carbonyl (C=O) groups is 2. The van der Waals surface area contributed by atoms with Gasteiger partial charge in [0.1, 0.15) is 4.88 Å². The molecule has 120 valence electrons. The first kappa shape index (κ1) is 15.6. The van der Waals surface area contributed by atoms with Crippen LogP contribution in [-0.2, 0) is 16.1 Å². The summed E-state index contributed by atoms with van der Waals surface area (Å²) in [6.45, 7) is 1.20. The number of rotatable bonds is 3. The van der Waals surface area contributed by atoms with Gasteiger partial charge in [-0.1, -0.05) is 12.1 Å². The first-order valence-corrected chi connectivity index (χ1v) is 8.25. The smallest absolute Gasteiger partial charge is 0.348 e. The van der Waals surface area contributed by atoms with Crippen molar-refractivity contribution in [3.63, 3.8) is 0 Å². The molecule has 0 atom stereocenters. The van der Waals surface area contributed by atoms with Crippen molar-refractivity contribution in [3.05, 3.63) is 46.2 Å². The molecule has 3 rings (SSSR count). The number of hydrogen-bond acceptors (Lipinski definition) is 5. The fraction of sp³-hybridized carbons (Fsp3) is 0.294. The highest BCUT2D eigenvalue weighted by Gasteiger charge is 2.24. The van der Waals surface area contributed by atoms with Crippen molar-refractivity contribution >= 4 is 34.6 Å². The minimum absolute atomic E-state index is 0.0958. The highest BCUT2D eigenvalue weighted by molar-refractivity contribution is 7.12. The van der Waals surface area contributed by atoms with E-state index < -0.39 is 0 Å². The summed E-state index contributed by atoms with van der Waals surface area (Å²) in [7, 11) is 3.19. The molecule has 23 heavy (non-hydrogen) atoms. The Morgan fingerprint density at radius 1 is 1.26 bits per heavy atom. The maximum atomic E-state index is 12.2. The molecule has 0 unspecified atom stereocenters. The lowest BCUT2D eigenvalue weighted by atomic mass is 10.2. The summed E-state index contributed by atoms with van der Waals surface area (Å²) < 4.78 is 4.84. The van der Waals surface area contributed by atoms with Crippen LogP contribution in [0, 0.1) is 0 Å². The molecule has 2 aromatic rings. The van der Waals surface area contributed by atoms with Gasteiger partial charge in [0.25, 0.3) is 0 Å². The number of thiophene rings is 1. The van der Waals surface area contributed by atoms with Gasteiger partial charge >= 0.3 is 5.97 Å². The molecule has 2 heterocycles. The number of methoxy groups -OCH3 is 1. The van der Waals surface area contributed by atoms with Crippen LogP contribution < -0.4 is 9.80 Å². The minimum atomic E-state index is -0.314. The van der Waals surface area contributed by atoms with Crippen molar-refractivity contribution in [1.82, 2.24) is 0 Å². The van der Waals surface area contributed by atoms with Gasteiger partial charge in [0.15, 0.2) is 0 Å². The zero-order chi connectivity index (χ0) is 16.4. The average molecular weight is 330 g/mol. The third-order valence-corrected chi connectivity index (χ3v) is 4.97. The van der Waals surface area contributed by atoms with Gasteiger partial charge in [0.2, 0.25) is 5.91 Å². The van der Waals surface area contributed by atoms with Gasteiger partial charge in [0, 0.05) is 26.6 Å². The Morgan fingerprint density at radius 3 is 2.74 bits per heavy atom. The fourth-order valence-corrected chi connectivity index (χ4v) is 3.60. The number of fused-ring (bicyclic) bond motifs is 1. The van der Waals surface area contributed by atoms with Crippen LogP contribution in [0.4, 0.5) is 11.4 Å². The third-order valence-electron chi connectivity index (χ3n) is 4.03. The molecule has 0 N–H and O–H groups in total. The van der Waals surface area contributed by atoms with Gasteiger partial charge < -0.3 is 14.5 Å². The van der Waals surface area contributed by atoms with E-state index in [4.69, 9.17) is 4.74 Å². The molecule has 0 saturated carbocycles. The summed E-state index contributed by atoms with van der Waals surface area (Å²) in [6, 6.07) is 9.78. The van der Waals surface area contributed by atoms with Crippen molar-refractivity contribution < 1.29 is 14.3 Å². The van der Waals surface area contributed by atoms with Crippen LogP contribution in [0.2, 0.25) is 0 Å². The Hall–Kier alpha value is -2.34. The van der Waals surface area contributed by atoms with E-state index in [9.17, 15) is 9.59 Å². The molecule has 1 aromatic carbocycles. The monoisotopic (exact) mass is 330 g/mol. The normalized spacial score (nSPS) is 14.4. The molecule has 0 radical (unpaired) electrons. The van der Waals surface area contributed by atoms with Gasteiger partial charge in [-0.25, -0.2) is 4.79 Å². The van der Waals surface area contributed by atoms with Gasteiger partial charge in [-0.3, -0.25) is 4.79 Å². The Balaban J connectivity index is 1.95. The maximum absolute atomic E-state index is 12.2. The van der Waals surface area contributed by atoms with Crippen molar-refractivity contribution in [2.75, 3.05) is 30.5 Å². The summed E-state index contributed by atoms with van der Waals surface area (Å²) in [5, 5.41) is 1.89. The maximum Gasteiger partial charge on any atom is 0.348 e. The van der Waals surface area contributed by atoms with Crippen LogP contribution in [0.3, 0.4) is 0 Å². The second-order valence-electron chi connectivity index (χ2n) is 5.38. The van der Waals surface area contributed by atoms with Crippen LogP contribution in [0.25, 0.3) is 0 Å². The van der Waals surface area contributed by atoms with Crippen molar-refractivity contribution in [3.8, 4) is 0 Å². The molecular weight excluding hydrogens is 312 g/mol. The van der Waals surface area contributed by atoms with Crippen LogP contribution in [0.1, 0.15) is 21.7 Å². The number of ether oxygens (including phenoxy) is 1. The molecule has 6 heteroatoms. The Morgan fingerprint density at radius 2 is 2.00 bits per heavy atom. The second kappa shape index (κ2) is 6.42. The predicted octanol–water partition coefficient (Wildman–Crippen LogP) is 2.91. The molecule has 0 aliphatic carbocycles. The molecule has 1 amide bonds. The van der Waals surface area contributed by atoms with Crippen molar-refractivity contribution in [1.29, 1.82) is 0 Å². The number of amides is 1. The molecule has 1 aliphatic rings. The summed E-state index contributed by atoms with van der Waals surface area (Å²) in [6.07, 6.45) is 0.447. The Kier molecular flexibility index (Phi) is 4.34. The summed E-state index contributed by atoms with van der Waals surface area (Å²) in [4.78, 5) is 28.5. The molecule has 5 nitrogen and oxygen atoms in total. The van der Waals surface area contributed by atoms with E-state index in [1.54, 1.807) is 11.9 Å².